The lowest BCUT2D eigenvalue weighted by atomic mass is 10.2. The van der Waals surface area contributed by atoms with E-state index in [4.69, 9.17) is 4.42 Å². The van der Waals surface area contributed by atoms with Gasteiger partial charge in [0.15, 0.2) is 5.69 Å². The van der Waals surface area contributed by atoms with Crippen LogP contribution in [-0.2, 0) is 12.7 Å². The lowest BCUT2D eigenvalue weighted by molar-refractivity contribution is -0.143. The van der Waals surface area contributed by atoms with Gasteiger partial charge in [0.25, 0.3) is 5.91 Å². The average molecular weight is 418 g/mol. The number of rotatable bonds is 5. The molecule has 29 heavy (non-hydrogen) atoms. The first-order chi connectivity index (χ1) is 13.9. The number of nitrogens with one attached hydrogen (secondary N) is 1. The van der Waals surface area contributed by atoms with Crippen LogP contribution in [0.2, 0.25) is 0 Å². The molecule has 0 fully saturated rings. The smallest absolute Gasteiger partial charge is 0.434 e. The van der Waals surface area contributed by atoms with Crippen molar-refractivity contribution in [2.75, 3.05) is 0 Å². The molecule has 0 aliphatic rings. The van der Waals surface area contributed by atoms with Gasteiger partial charge < -0.3 is 9.73 Å². The molecule has 1 N–H and O–H groups in total. The Labute approximate surface area is 166 Å². The van der Waals surface area contributed by atoms with Crippen molar-refractivity contribution in [2.24, 2.45) is 0 Å². The molecular weight excluding hydrogens is 405 g/mol. The summed E-state index contributed by atoms with van der Waals surface area (Å²) in [5, 5.41) is 8.07. The third kappa shape index (κ3) is 3.92. The van der Waals surface area contributed by atoms with Crippen LogP contribution in [0.3, 0.4) is 0 Å². The van der Waals surface area contributed by atoms with Gasteiger partial charge in [-0.2, -0.15) is 18.3 Å². The van der Waals surface area contributed by atoms with Crippen LogP contribution in [0.15, 0.2) is 64.7 Å². The summed E-state index contributed by atoms with van der Waals surface area (Å²) >= 11 is 1.44. The minimum Gasteiger partial charge on any atom is -0.443 e. The average Bonchev–Trinajstić information content (AvgIpc) is 3.46. The maximum Gasteiger partial charge on any atom is 0.434 e. The highest BCUT2D eigenvalue weighted by molar-refractivity contribution is 7.13. The molecule has 1 aromatic carbocycles. The first-order valence-corrected chi connectivity index (χ1v) is 9.28. The van der Waals surface area contributed by atoms with Crippen LogP contribution in [0.1, 0.15) is 21.7 Å². The Kier molecular flexibility index (Phi) is 4.93. The van der Waals surface area contributed by atoms with Crippen LogP contribution < -0.4 is 5.32 Å². The Morgan fingerprint density at radius 3 is 2.66 bits per heavy atom. The highest BCUT2D eigenvalue weighted by atomic mass is 32.1. The molecule has 10 heteroatoms. The second kappa shape index (κ2) is 7.55. The molecule has 6 nitrogen and oxygen atoms in total. The largest absolute Gasteiger partial charge is 0.443 e. The zero-order valence-corrected chi connectivity index (χ0v) is 15.5. The first-order valence-electron chi connectivity index (χ1n) is 8.40. The van der Waals surface area contributed by atoms with E-state index in [-0.39, 0.29) is 12.2 Å². The van der Waals surface area contributed by atoms with Gasteiger partial charge in [0.05, 0.1) is 34.6 Å². The van der Waals surface area contributed by atoms with Crippen molar-refractivity contribution in [2.45, 2.75) is 12.7 Å². The van der Waals surface area contributed by atoms with Gasteiger partial charge in [-0.1, -0.05) is 24.3 Å². The molecule has 0 aliphatic heterocycles. The SMILES string of the molecule is O=C(NCc1coc(-c2cccs2)n1)c1cnn(-c2ccccc2)c1C(F)(F)F. The number of alkyl halides is 3. The minimum atomic E-state index is -4.76. The molecule has 4 aromatic rings. The Morgan fingerprint density at radius 2 is 1.97 bits per heavy atom. The van der Waals surface area contributed by atoms with Crippen LogP contribution >= 0.6 is 11.3 Å². The fourth-order valence-electron chi connectivity index (χ4n) is 2.72. The molecule has 148 valence electrons. The molecule has 1 amide bonds. The normalized spacial score (nSPS) is 11.6. The molecule has 0 aliphatic carbocycles. The highest BCUT2D eigenvalue weighted by Crippen LogP contribution is 2.33. The standard InChI is InChI=1S/C19H13F3N4O2S/c20-19(21,22)16-14(10-24-26(16)13-5-2-1-3-6-13)17(27)23-9-12-11-28-18(25-12)15-7-4-8-29-15/h1-8,10-11H,9H2,(H,23,27). The number of benzene rings is 1. The van der Waals surface area contributed by atoms with E-state index in [1.165, 1.54) is 29.7 Å². The van der Waals surface area contributed by atoms with Gasteiger partial charge in [-0.3, -0.25) is 4.79 Å². The van der Waals surface area contributed by atoms with Crippen LogP contribution in [0.4, 0.5) is 13.2 Å². The van der Waals surface area contributed by atoms with Gasteiger partial charge in [0.1, 0.15) is 6.26 Å². The quantitative estimate of drug-likeness (QED) is 0.517. The number of oxazole rings is 1. The number of hydrogen-bond acceptors (Lipinski definition) is 5. The summed E-state index contributed by atoms with van der Waals surface area (Å²) in [5.74, 6) is -0.516. The van der Waals surface area contributed by atoms with Crippen LogP contribution in [0.5, 0.6) is 0 Å². The summed E-state index contributed by atoms with van der Waals surface area (Å²) < 4.78 is 47.0. The molecule has 4 rings (SSSR count). The molecule has 0 saturated carbocycles. The zero-order valence-electron chi connectivity index (χ0n) is 14.7. The zero-order chi connectivity index (χ0) is 20.4. The van der Waals surface area contributed by atoms with Crippen LogP contribution in [-0.4, -0.2) is 20.7 Å². The molecule has 0 radical (unpaired) electrons. The Hall–Kier alpha value is -3.40. The summed E-state index contributed by atoms with van der Waals surface area (Å²) in [6.45, 7) is -0.0818. The molecule has 0 saturated heterocycles. The third-order valence-electron chi connectivity index (χ3n) is 4.00. The number of halogens is 3. The number of carbonyl (C=O) groups is 1. The van der Waals surface area contributed by atoms with Gasteiger partial charge in [-0.15, -0.1) is 11.3 Å². The molecule has 0 spiro atoms. The number of aromatic nitrogens is 3. The van der Waals surface area contributed by atoms with Gasteiger partial charge >= 0.3 is 6.18 Å². The van der Waals surface area contributed by atoms with E-state index in [1.54, 1.807) is 18.2 Å². The fraction of sp³-hybridized carbons (Fsp3) is 0.105. The number of amides is 1. The number of para-hydroxylation sites is 1. The van der Waals surface area contributed by atoms with E-state index in [1.807, 2.05) is 17.5 Å². The summed E-state index contributed by atoms with van der Waals surface area (Å²) in [7, 11) is 0. The van der Waals surface area contributed by atoms with Gasteiger partial charge in [0, 0.05) is 0 Å². The predicted molar refractivity (Wildman–Crippen MR) is 99.6 cm³/mol. The van der Waals surface area contributed by atoms with Crippen molar-refractivity contribution in [3.05, 3.63) is 77.3 Å². The van der Waals surface area contributed by atoms with E-state index in [2.05, 4.69) is 15.4 Å². The van der Waals surface area contributed by atoms with Crippen molar-refractivity contribution in [1.82, 2.24) is 20.1 Å². The summed E-state index contributed by atoms with van der Waals surface area (Å²) in [4.78, 5) is 17.5. The molecule has 0 bridgehead atoms. The number of nitrogens with zero attached hydrogens (tertiary/aromatic N) is 3. The predicted octanol–water partition coefficient (Wildman–Crippen LogP) is 4.54. The molecule has 3 aromatic heterocycles. The van der Waals surface area contributed by atoms with E-state index < -0.39 is 23.3 Å². The fourth-order valence-corrected chi connectivity index (χ4v) is 3.38. The van der Waals surface area contributed by atoms with Gasteiger partial charge in [-0.25, -0.2) is 9.67 Å². The van der Waals surface area contributed by atoms with Crippen molar-refractivity contribution in [3.8, 4) is 16.5 Å². The molecular formula is C19H13F3N4O2S. The number of hydrogen-bond donors (Lipinski definition) is 1. The first kappa shape index (κ1) is 18.9. The Morgan fingerprint density at radius 1 is 1.17 bits per heavy atom. The van der Waals surface area contributed by atoms with Crippen molar-refractivity contribution in [3.63, 3.8) is 0 Å². The van der Waals surface area contributed by atoms with E-state index in [9.17, 15) is 18.0 Å². The lowest BCUT2D eigenvalue weighted by Gasteiger charge is -2.12. The van der Waals surface area contributed by atoms with Crippen molar-refractivity contribution in [1.29, 1.82) is 0 Å². The topological polar surface area (TPSA) is 73.0 Å². The molecule has 0 unspecified atom stereocenters. The van der Waals surface area contributed by atoms with Crippen molar-refractivity contribution >= 4 is 17.2 Å². The van der Waals surface area contributed by atoms with E-state index in [0.717, 1.165) is 11.1 Å². The van der Waals surface area contributed by atoms with Gasteiger partial charge in [0.2, 0.25) is 5.89 Å². The second-order valence-electron chi connectivity index (χ2n) is 5.96. The van der Waals surface area contributed by atoms with Crippen molar-refractivity contribution < 1.29 is 22.4 Å². The Bertz CT molecular complexity index is 1120. The Balaban J connectivity index is 1.55. The highest BCUT2D eigenvalue weighted by Gasteiger charge is 2.40. The van der Waals surface area contributed by atoms with E-state index in [0.29, 0.717) is 16.3 Å². The summed E-state index contributed by atoms with van der Waals surface area (Å²) in [5.41, 5.74) is -1.11. The second-order valence-corrected chi connectivity index (χ2v) is 6.90. The molecule has 0 atom stereocenters. The summed E-state index contributed by atoms with van der Waals surface area (Å²) in [6.07, 6.45) is -2.50. The minimum absolute atomic E-state index is 0.0818. The summed E-state index contributed by atoms with van der Waals surface area (Å²) in [6, 6.07) is 11.5. The number of carbonyl (C=O) groups excluding carboxylic acids is 1. The molecule has 3 heterocycles. The van der Waals surface area contributed by atoms with E-state index >= 15 is 0 Å². The van der Waals surface area contributed by atoms with Crippen LogP contribution in [0.25, 0.3) is 16.5 Å². The van der Waals surface area contributed by atoms with Gasteiger partial charge in [-0.05, 0) is 23.6 Å². The third-order valence-corrected chi connectivity index (χ3v) is 4.85. The number of thiophene rings is 1. The maximum absolute atomic E-state index is 13.6. The van der Waals surface area contributed by atoms with Crippen LogP contribution in [0, 0.1) is 0 Å². The maximum atomic E-state index is 13.6. The monoisotopic (exact) mass is 418 g/mol. The lowest BCUT2D eigenvalue weighted by Crippen LogP contribution is -2.26.